The van der Waals surface area contributed by atoms with Gasteiger partial charge in [0, 0.05) is 28.9 Å². The molecular weight excluding hydrogens is 436 g/mol. The zero-order chi connectivity index (χ0) is 24.3. The zero-order valence-electron chi connectivity index (χ0n) is 20.4. The molecule has 0 aliphatic rings. The Morgan fingerprint density at radius 2 is 1.60 bits per heavy atom. The first kappa shape index (κ1) is 21.3. The highest BCUT2D eigenvalue weighted by Gasteiger charge is 2.20. The number of pyridine rings is 2. The maximum Gasteiger partial charge on any atom is 0.241 e. The number of fused-ring (bicyclic) bond motifs is 5. The number of hydrogen-bond acceptors (Lipinski definition) is 5. The number of nitrogens with zero attached hydrogens (tertiary/aromatic N) is 6. The Morgan fingerprint density at radius 3 is 2.29 bits per heavy atom. The number of aryl methyl sites for hydroxylation is 1. The third-order valence-corrected chi connectivity index (χ3v) is 6.56. The number of benzene rings is 2. The quantitative estimate of drug-likeness (QED) is 0.328. The summed E-state index contributed by atoms with van der Waals surface area (Å²) in [6, 6.07) is 18.9. The minimum Gasteiger partial charge on any atom is -0.481 e. The van der Waals surface area contributed by atoms with E-state index in [9.17, 15) is 0 Å². The SMILES string of the molecule is COc1ccc(-c2ccc3ncc4c(c3c2)n(-c2ccc(C(C)(C)C)cc2)c2nnc(C)n42)cn1. The lowest BCUT2D eigenvalue weighted by Gasteiger charge is -2.19. The summed E-state index contributed by atoms with van der Waals surface area (Å²) < 4.78 is 9.48. The molecule has 6 rings (SSSR count). The van der Waals surface area contributed by atoms with Crippen molar-refractivity contribution >= 4 is 27.7 Å². The van der Waals surface area contributed by atoms with Crippen molar-refractivity contribution in [3.8, 4) is 22.7 Å². The fraction of sp³-hybridized carbons (Fsp3) is 0.214. The lowest BCUT2D eigenvalue weighted by molar-refractivity contribution is 0.398. The summed E-state index contributed by atoms with van der Waals surface area (Å²) in [6.07, 6.45) is 3.74. The van der Waals surface area contributed by atoms with E-state index in [0.29, 0.717) is 5.88 Å². The minimum atomic E-state index is 0.0793. The number of ether oxygens (including phenoxy) is 1. The molecule has 174 valence electrons. The van der Waals surface area contributed by atoms with Crippen LogP contribution in [-0.4, -0.2) is 36.2 Å². The fourth-order valence-corrected chi connectivity index (χ4v) is 4.65. The third kappa shape index (κ3) is 3.34. The van der Waals surface area contributed by atoms with Crippen LogP contribution in [0.3, 0.4) is 0 Å². The van der Waals surface area contributed by atoms with Crippen LogP contribution in [0.5, 0.6) is 5.88 Å². The molecule has 0 saturated heterocycles. The van der Waals surface area contributed by atoms with Gasteiger partial charge >= 0.3 is 0 Å². The van der Waals surface area contributed by atoms with Crippen LogP contribution in [-0.2, 0) is 5.41 Å². The van der Waals surface area contributed by atoms with Crippen LogP contribution in [0.25, 0.3) is 44.5 Å². The molecule has 0 radical (unpaired) electrons. The second-order valence-corrected chi connectivity index (χ2v) is 9.83. The molecule has 4 heterocycles. The summed E-state index contributed by atoms with van der Waals surface area (Å²) in [6.45, 7) is 8.64. The fourth-order valence-electron chi connectivity index (χ4n) is 4.65. The first-order chi connectivity index (χ1) is 16.8. The van der Waals surface area contributed by atoms with Gasteiger partial charge in [0.05, 0.1) is 29.9 Å². The highest BCUT2D eigenvalue weighted by Crippen LogP contribution is 2.34. The van der Waals surface area contributed by atoms with E-state index in [1.54, 1.807) is 7.11 Å². The molecular formula is C28H26N6O. The van der Waals surface area contributed by atoms with Gasteiger partial charge in [-0.15, -0.1) is 10.2 Å². The van der Waals surface area contributed by atoms with Crippen LogP contribution >= 0.6 is 0 Å². The molecule has 2 aromatic carbocycles. The topological polar surface area (TPSA) is 70.1 Å². The number of imidazole rings is 1. The second kappa shape index (κ2) is 7.63. The van der Waals surface area contributed by atoms with E-state index in [1.165, 1.54) is 5.56 Å². The summed E-state index contributed by atoms with van der Waals surface area (Å²) in [5.41, 5.74) is 7.42. The lowest BCUT2D eigenvalue weighted by atomic mass is 9.87. The van der Waals surface area contributed by atoms with Crippen LogP contribution < -0.4 is 4.74 Å². The second-order valence-electron chi connectivity index (χ2n) is 9.83. The molecule has 0 fully saturated rings. The Balaban J connectivity index is 1.65. The molecule has 0 spiro atoms. The summed E-state index contributed by atoms with van der Waals surface area (Å²) in [7, 11) is 1.62. The smallest absolute Gasteiger partial charge is 0.241 e. The first-order valence-electron chi connectivity index (χ1n) is 11.6. The average Bonchev–Trinajstić information content (AvgIpc) is 3.41. The van der Waals surface area contributed by atoms with E-state index < -0.39 is 0 Å². The molecule has 0 atom stereocenters. The van der Waals surface area contributed by atoms with Crippen molar-refractivity contribution < 1.29 is 4.74 Å². The Bertz CT molecular complexity index is 1700. The number of aromatic nitrogens is 6. The van der Waals surface area contributed by atoms with Crippen LogP contribution in [0.1, 0.15) is 32.2 Å². The Kier molecular flexibility index (Phi) is 4.64. The Labute approximate surface area is 203 Å². The van der Waals surface area contributed by atoms with E-state index in [0.717, 1.165) is 50.4 Å². The van der Waals surface area contributed by atoms with Gasteiger partial charge in [-0.25, -0.2) is 4.98 Å². The van der Waals surface area contributed by atoms with Crippen LogP contribution in [0, 0.1) is 6.92 Å². The molecule has 7 heteroatoms. The molecule has 35 heavy (non-hydrogen) atoms. The molecule has 0 bridgehead atoms. The standard InChI is InChI=1S/C28H26N6O/c1-17-31-32-27-33(17)24-16-29-23-12-6-18(19-7-13-25(35-5)30-15-19)14-22(23)26(24)34(27)21-10-8-20(9-11-21)28(2,3)4/h6-16H,1-5H3. The van der Waals surface area contributed by atoms with Crippen LogP contribution in [0.2, 0.25) is 0 Å². The molecule has 7 nitrogen and oxygen atoms in total. The van der Waals surface area contributed by atoms with Crippen molar-refractivity contribution in [2.75, 3.05) is 7.11 Å². The third-order valence-electron chi connectivity index (χ3n) is 6.56. The summed E-state index contributed by atoms with van der Waals surface area (Å²) in [5, 5.41) is 9.93. The Morgan fingerprint density at radius 1 is 0.829 bits per heavy atom. The van der Waals surface area contributed by atoms with Crippen molar-refractivity contribution in [3.63, 3.8) is 0 Å². The van der Waals surface area contributed by atoms with Gasteiger partial charge in [0.15, 0.2) is 0 Å². The number of methoxy groups -OCH3 is 1. The van der Waals surface area contributed by atoms with Gasteiger partial charge in [-0.1, -0.05) is 39.0 Å². The molecule has 0 N–H and O–H groups in total. The van der Waals surface area contributed by atoms with Crippen molar-refractivity contribution in [2.24, 2.45) is 0 Å². The van der Waals surface area contributed by atoms with Crippen molar-refractivity contribution in [3.05, 3.63) is 78.4 Å². The minimum absolute atomic E-state index is 0.0793. The van der Waals surface area contributed by atoms with Crippen molar-refractivity contribution in [1.29, 1.82) is 0 Å². The summed E-state index contributed by atoms with van der Waals surface area (Å²) in [5.74, 6) is 2.19. The van der Waals surface area contributed by atoms with Crippen molar-refractivity contribution in [1.82, 2.24) is 29.1 Å². The van der Waals surface area contributed by atoms with E-state index in [4.69, 9.17) is 9.72 Å². The average molecular weight is 463 g/mol. The van der Waals surface area contributed by atoms with E-state index >= 15 is 0 Å². The lowest BCUT2D eigenvalue weighted by Crippen LogP contribution is -2.10. The molecule has 6 aromatic rings. The highest BCUT2D eigenvalue weighted by molar-refractivity contribution is 6.06. The maximum absolute atomic E-state index is 5.22. The van der Waals surface area contributed by atoms with Crippen LogP contribution in [0.15, 0.2) is 67.0 Å². The number of rotatable bonds is 3. The van der Waals surface area contributed by atoms with Gasteiger partial charge in [-0.3, -0.25) is 14.0 Å². The van der Waals surface area contributed by atoms with Gasteiger partial charge in [0.2, 0.25) is 11.7 Å². The maximum atomic E-state index is 5.22. The van der Waals surface area contributed by atoms with Crippen molar-refractivity contribution in [2.45, 2.75) is 33.1 Å². The molecule has 0 aliphatic carbocycles. The molecule has 4 aromatic heterocycles. The Hall–Kier alpha value is -4.26. The monoisotopic (exact) mass is 462 g/mol. The predicted molar refractivity (Wildman–Crippen MR) is 138 cm³/mol. The van der Waals surface area contributed by atoms with E-state index in [-0.39, 0.29) is 5.41 Å². The first-order valence-corrected chi connectivity index (χ1v) is 11.6. The molecule has 0 amide bonds. The predicted octanol–water partition coefficient (Wildman–Crippen LogP) is 5.90. The van der Waals surface area contributed by atoms with Gasteiger partial charge in [0.25, 0.3) is 0 Å². The van der Waals surface area contributed by atoms with E-state index in [2.05, 4.69) is 87.4 Å². The highest BCUT2D eigenvalue weighted by atomic mass is 16.5. The van der Waals surface area contributed by atoms with Gasteiger partial charge in [0.1, 0.15) is 5.82 Å². The normalized spacial score (nSPS) is 12.1. The molecule has 0 unspecified atom stereocenters. The summed E-state index contributed by atoms with van der Waals surface area (Å²) in [4.78, 5) is 9.15. The van der Waals surface area contributed by atoms with Gasteiger partial charge < -0.3 is 4.74 Å². The largest absolute Gasteiger partial charge is 0.481 e. The molecule has 0 saturated carbocycles. The van der Waals surface area contributed by atoms with Gasteiger partial charge in [-0.05, 0) is 53.8 Å². The van der Waals surface area contributed by atoms with E-state index in [1.807, 2.05) is 31.5 Å². The number of hydrogen-bond donors (Lipinski definition) is 0. The van der Waals surface area contributed by atoms with Gasteiger partial charge in [-0.2, -0.15) is 0 Å². The zero-order valence-corrected chi connectivity index (χ0v) is 20.4. The molecule has 0 aliphatic heterocycles. The summed E-state index contributed by atoms with van der Waals surface area (Å²) >= 11 is 0. The van der Waals surface area contributed by atoms with Crippen LogP contribution in [0.4, 0.5) is 0 Å².